The molecule has 1 aliphatic heterocycles. The average molecular weight is 343 g/mol. The van der Waals surface area contributed by atoms with Crippen LogP contribution in [0.1, 0.15) is 33.1 Å². The first kappa shape index (κ1) is 19.6. The highest BCUT2D eigenvalue weighted by molar-refractivity contribution is 5.85. The third-order valence-corrected chi connectivity index (χ3v) is 3.98. The Kier molecular flexibility index (Phi) is 8.20. The van der Waals surface area contributed by atoms with Crippen molar-refractivity contribution in [2.24, 2.45) is 5.73 Å². The van der Waals surface area contributed by atoms with Crippen molar-refractivity contribution in [3.63, 3.8) is 0 Å². The molecule has 1 heterocycles. The summed E-state index contributed by atoms with van der Waals surface area (Å²) in [6.45, 7) is 5.23. The summed E-state index contributed by atoms with van der Waals surface area (Å²) in [5.41, 5.74) is 6.01. The largest absolute Gasteiger partial charge is 0.490 e. The van der Waals surface area contributed by atoms with Gasteiger partial charge in [-0.1, -0.05) is 12.1 Å². The zero-order chi connectivity index (χ0) is 15.9. The lowest BCUT2D eigenvalue weighted by Gasteiger charge is -2.38. The molecule has 1 aromatic carbocycles. The summed E-state index contributed by atoms with van der Waals surface area (Å²) in [5.74, 6) is 1.26. The number of hydrogen-bond donors (Lipinski definition) is 1. The number of nitrogens with zero attached hydrogens (tertiary/aromatic N) is 1. The standard InChI is InChI=1S/C17H26N2O3.ClH/c1-3-21-15-9-4-5-10-16(15)22-12-17(20)19-11-7-6-8-14(19)13(2)18;/h4-5,9-10,13-14H,3,6-8,11-12,18H2,1-2H3;1H. The second-order valence-corrected chi connectivity index (χ2v) is 5.68. The van der Waals surface area contributed by atoms with Gasteiger partial charge in [-0.25, -0.2) is 0 Å². The maximum atomic E-state index is 12.5. The smallest absolute Gasteiger partial charge is 0.260 e. The lowest BCUT2D eigenvalue weighted by atomic mass is 9.97. The molecule has 130 valence electrons. The van der Waals surface area contributed by atoms with E-state index < -0.39 is 0 Å². The highest BCUT2D eigenvalue weighted by Gasteiger charge is 2.29. The summed E-state index contributed by atoms with van der Waals surface area (Å²) in [6.07, 6.45) is 3.13. The number of hydrogen-bond acceptors (Lipinski definition) is 4. The van der Waals surface area contributed by atoms with Crippen molar-refractivity contribution >= 4 is 18.3 Å². The molecular formula is C17H27ClN2O3. The number of carbonyl (C=O) groups excluding carboxylic acids is 1. The lowest BCUT2D eigenvalue weighted by molar-refractivity contribution is -0.137. The van der Waals surface area contributed by atoms with Crippen molar-refractivity contribution in [2.75, 3.05) is 19.8 Å². The second-order valence-electron chi connectivity index (χ2n) is 5.68. The number of carbonyl (C=O) groups is 1. The Morgan fingerprint density at radius 3 is 2.57 bits per heavy atom. The minimum absolute atomic E-state index is 0. The van der Waals surface area contributed by atoms with Crippen molar-refractivity contribution in [1.29, 1.82) is 0 Å². The zero-order valence-electron chi connectivity index (χ0n) is 13.9. The van der Waals surface area contributed by atoms with Crippen LogP contribution in [-0.2, 0) is 4.79 Å². The van der Waals surface area contributed by atoms with Crippen LogP contribution in [0.4, 0.5) is 0 Å². The van der Waals surface area contributed by atoms with Gasteiger partial charge in [0, 0.05) is 18.6 Å². The summed E-state index contributed by atoms with van der Waals surface area (Å²) in [5, 5.41) is 0. The van der Waals surface area contributed by atoms with E-state index in [9.17, 15) is 4.79 Å². The van der Waals surface area contributed by atoms with Crippen LogP contribution in [0.25, 0.3) is 0 Å². The molecule has 0 aromatic heterocycles. The van der Waals surface area contributed by atoms with E-state index in [2.05, 4.69) is 0 Å². The molecule has 1 aliphatic rings. The molecule has 2 unspecified atom stereocenters. The molecule has 1 saturated heterocycles. The van der Waals surface area contributed by atoms with Crippen LogP contribution in [0.5, 0.6) is 11.5 Å². The number of halogens is 1. The van der Waals surface area contributed by atoms with E-state index in [1.165, 1.54) is 0 Å². The van der Waals surface area contributed by atoms with E-state index in [4.69, 9.17) is 15.2 Å². The van der Waals surface area contributed by atoms with Crippen LogP contribution in [0.15, 0.2) is 24.3 Å². The van der Waals surface area contributed by atoms with Crippen molar-refractivity contribution in [3.8, 4) is 11.5 Å². The summed E-state index contributed by atoms with van der Waals surface area (Å²) in [4.78, 5) is 14.3. The van der Waals surface area contributed by atoms with Crippen LogP contribution >= 0.6 is 12.4 Å². The van der Waals surface area contributed by atoms with E-state index in [0.29, 0.717) is 18.1 Å². The molecular weight excluding hydrogens is 316 g/mol. The number of para-hydroxylation sites is 2. The topological polar surface area (TPSA) is 64.8 Å². The van der Waals surface area contributed by atoms with Crippen LogP contribution in [0.2, 0.25) is 0 Å². The molecule has 0 bridgehead atoms. The van der Waals surface area contributed by atoms with Crippen molar-refractivity contribution < 1.29 is 14.3 Å². The van der Waals surface area contributed by atoms with Gasteiger partial charge in [0.15, 0.2) is 18.1 Å². The fourth-order valence-electron chi connectivity index (χ4n) is 2.88. The number of amides is 1. The van der Waals surface area contributed by atoms with Crippen molar-refractivity contribution in [1.82, 2.24) is 4.90 Å². The van der Waals surface area contributed by atoms with Crippen molar-refractivity contribution in [3.05, 3.63) is 24.3 Å². The molecule has 1 fully saturated rings. The number of piperidine rings is 1. The molecule has 1 aromatic rings. The Morgan fingerprint density at radius 1 is 1.30 bits per heavy atom. The minimum Gasteiger partial charge on any atom is -0.490 e. The maximum Gasteiger partial charge on any atom is 0.260 e. The third kappa shape index (κ3) is 5.29. The molecule has 23 heavy (non-hydrogen) atoms. The van der Waals surface area contributed by atoms with Gasteiger partial charge in [-0.15, -0.1) is 12.4 Å². The molecule has 6 heteroatoms. The lowest BCUT2D eigenvalue weighted by Crippen LogP contribution is -2.52. The first-order chi connectivity index (χ1) is 10.6. The summed E-state index contributed by atoms with van der Waals surface area (Å²) in [7, 11) is 0. The monoisotopic (exact) mass is 342 g/mol. The van der Waals surface area contributed by atoms with Gasteiger partial charge in [-0.05, 0) is 45.2 Å². The van der Waals surface area contributed by atoms with Crippen LogP contribution in [0.3, 0.4) is 0 Å². The Hall–Kier alpha value is -1.46. The highest BCUT2D eigenvalue weighted by Crippen LogP contribution is 2.26. The molecule has 0 aliphatic carbocycles. The van der Waals surface area contributed by atoms with Crippen molar-refractivity contribution in [2.45, 2.75) is 45.2 Å². The average Bonchev–Trinajstić information content (AvgIpc) is 2.54. The van der Waals surface area contributed by atoms with Crippen LogP contribution < -0.4 is 15.2 Å². The number of ether oxygens (including phenoxy) is 2. The molecule has 2 N–H and O–H groups in total. The molecule has 0 spiro atoms. The van der Waals surface area contributed by atoms with E-state index in [-0.39, 0.29) is 37.0 Å². The van der Waals surface area contributed by atoms with Gasteiger partial charge in [0.2, 0.25) is 0 Å². The quantitative estimate of drug-likeness (QED) is 0.863. The molecule has 0 radical (unpaired) electrons. The fraction of sp³-hybridized carbons (Fsp3) is 0.588. The Morgan fingerprint density at radius 2 is 1.96 bits per heavy atom. The third-order valence-electron chi connectivity index (χ3n) is 3.98. The van der Waals surface area contributed by atoms with E-state index >= 15 is 0 Å². The number of benzene rings is 1. The zero-order valence-corrected chi connectivity index (χ0v) is 14.7. The maximum absolute atomic E-state index is 12.5. The van der Waals surface area contributed by atoms with Crippen LogP contribution in [0, 0.1) is 0 Å². The van der Waals surface area contributed by atoms with Gasteiger partial charge in [0.05, 0.1) is 6.61 Å². The first-order valence-corrected chi connectivity index (χ1v) is 8.03. The van der Waals surface area contributed by atoms with Gasteiger partial charge in [0.1, 0.15) is 0 Å². The number of rotatable bonds is 6. The van der Waals surface area contributed by atoms with E-state index in [1.807, 2.05) is 43.0 Å². The number of nitrogens with two attached hydrogens (primary N) is 1. The summed E-state index contributed by atoms with van der Waals surface area (Å²) in [6, 6.07) is 7.52. The molecule has 5 nitrogen and oxygen atoms in total. The Labute approximate surface area is 144 Å². The predicted octanol–water partition coefficient (Wildman–Crippen LogP) is 2.61. The summed E-state index contributed by atoms with van der Waals surface area (Å²) < 4.78 is 11.2. The fourth-order valence-corrected chi connectivity index (χ4v) is 2.88. The van der Waals surface area contributed by atoms with Gasteiger partial charge in [-0.2, -0.15) is 0 Å². The predicted molar refractivity (Wildman–Crippen MR) is 93.4 cm³/mol. The summed E-state index contributed by atoms with van der Waals surface area (Å²) >= 11 is 0. The molecule has 2 rings (SSSR count). The van der Waals surface area contributed by atoms with Gasteiger partial charge < -0.3 is 20.1 Å². The molecule has 0 saturated carbocycles. The minimum atomic E-state index is -0.0139. The first-order valence-electron chi connectivity index (χ1n) is 8.03. The Bertz CT molecular complexity index is 496. The van der Waals surface area contributed by atoms with Gasteiger partial charge in [-0.3, -0.25) is 4.79 Å². The van der Waals surface area contributed by atoms with Gasteiger partial charge in [0.25, 0.3) is 5.91 Å². The Balaban J connectivity index is 0.00000264. The SMILES string of the molecule is CCOc1ccccc1OCC(=O)N1CCCCC1C(C)N.Cl. The second kappa shape index (κ2) is 9.63. The molecule has 1 amide bonds. The van der Waals surface area contributed by atoms with E-state index in [0.717, 1.165) is 25.8 Å². The molecule has 2 atom stereocenters. The van der Waals surface area contributed by atoms with E-state index in [1.54, 1.807) is 0 Å². The highest BCUT2D eigenvalue weighted by atomic mass is 35.5. The number of likely N-dealkylation sites (tertiary alicyclic amines) is 1. The normalized spacial score (nSPS) is 18.7. The van der Waals surface area contributed by atoms with Crippen LogP contribution in [-0.4, -0.2) is 42.6 Å². The van der Waals surface area contributed by atoms with Gasteiger partial charge >= 0.3 is 0 Å².